The molecule has 1 aromatic carbocycles. The van der Waals surface area contributed by atoms with E-state index in [0.717, 1.165) is 23.4 Å². The van der Waals surface area contributed by atoms with Crippen molar-refractivity contribution < 1.29 is 36.6 Å². The molecule has 4 heterocycles. The highest BCUT2D eigenvalue weighted by Crippen LogP contribution is 2.36. The summed E-state index contributed by atoms with van der Waals surface area (Å²) in [6.45, 7) is 8.32. The van der Waals surface area contributed by atoms with Crippen LogP contribution in [-0.4, -0.2) is 66.9 Å². The maximum absolute atomic E-state index is 14.3. The molecule has 42 heavy (non-hydrogen) atoms. The van der Waals surface area contributed by atoms with Gasteiger partial charge in [-0.2, -0.15) is 18.3 Å². The Kier molecular flexibility index (Phi) is 7.53. The Morgan fingerprint density at radius 3 is 2.50 bits per heavy atom. The summed E-state index contributed by atoms with van der Waals surface area (Å²) >= 11 is 6.31. The number of aryl methyl sites for hydroxylation is 2. The zero-order chi connectivity index (χ0) is 30.7. The molecule has 0 bridgehead atoms. The number of amides is 2. The second-order valence-corrected chi connectivity index (χ2v) is 11.9. The van der Waals surface area contributed by atoms with Gasteiger partial charge in [-0.25, -0.2) is 18.7 Å². The largest absolute Gasteiger partial charge is 0.489 e. The number of rotatable bonds is 3. The van der Waals surface area contributed by atoms with E-state index in [2.05, 4.69) is 10.1 Å². The minimum Gasteiger partial charge on any atom is -0.489 e. The van der Waals surface area contributed by atoms with Gasteiger partial charge in [0.2, 0.25) is 0 Å². The number of nitrogens with zero attached hydrogens (tertiary/aromatic N) is 5. The number of piperidine rings is 1. The van der Waals surface area contributed by atoms with Crippen molar-refractivity contribution in [3.05, 3.63) is 57.2 Å². The first-order valence-corrected chi connectivity index (χ1v) is 13.8. The molecule has 1 saturated heterocycles. The fraction of sp³-hybridized carbons (Fsp3) is 0.500. The van der Waals surface area contributed by atoms with Crippen molar-refractivity contribution in [2.24, 2.45) is 0 Å². The Labute approximate surface area is 244 Å². The van der Waals surface area contributed by atoms with E-state index < -0.39 is 48.2 Å². The van der Waals surface area contributed by atoms with Crippen molar-refractivity contribution in [1.82, 2.24) is 24.4 Å². The zero-order valence-corrected chi connectivity index (χ0v) is 24.4. The molecule has 1 fully saturated rings. The van der Waals surface area contributed by atoms with E-state index >= 15 is 0 Å². The van der Waals surface area contributed by atoms with Crippen LogP contribution in [0, 0.1) is 19.7 Å². The van der Waals surface area contributed by atoms with Crippen LogP contribution in [0.5, 0.6) is 5.75 Å². The minimum absolute atomic E-state index is 0.00000646. The van der Waals surface area contributed by atoms with Crippen molar-refractivity contribution >= 4 is 29.2 Å². The Morgan fingerprint density at radius 2 is 1.83 bits per heavy atom. The molecule has 2 aliphatic heterocycles. The molecular formula is C28H30ClF4N5O4. The van der Waals surface area contributed by atoms with Crippen molar-refractivity contribution in [3.63, 3.8) is 0 Å². The lowest BCUT2D eigenvalue weighted by Gasteiger charge is -2.40. The number of carbonyl (C=O) groups excluding carboxylic acids is 2. The van der Waals surface area contributed by atoms with Crippen molar-refractivity contribution in [2.75, 3.05) is 6.54 Å². The monoisotopic (exact) mass is 611 g/mol. The van der Waals surface area contributed by atoms with Gasteiger partial charge in [-0.05, 0) is 46.8 Å². The molecule has 14 heteroatoms. The van der Waals surface area contributed by atoms with Gasteiger partial charge in [0, 0.05) is 31.0 Å². The number of benzene rings is 1. The van der Waals surface area contributed by atoms with Gasteiger partial charge in [0.25, 0.3) is 5.91 Å². The normalized spacial score (nSPS) is 19.3. The highest BCUT2D eigenvalue weighted by Gasteiger charge is 2.50. The van der Waals surface area contributed by atoms with Gasteiger partial charge in [-0.15, -0.1) is 0 Å². The number of fused-ring (bicyclic) bond motifs is 3. The lowest BCUT2D eigenvalue weighted by Crippen LogP contribution is -2.56. The molecule has 2 atom stereocenters. The van der Waals surface area contributed by atoms with Gasteiger partial charge in [0.1, 0.15) is 29.3 Å². The van der Waals surface area contributed by atoms with E-state index in [1.54, 1.807) is 32.2 Å². The molecule has 9 nitrogen and oxygen atoms in total. The van der Waals surface area contributed by atoms with E-state index in [1.807, 2.05) is 6.92 Å². The highest BCUT2D eigenvalue weighted by atomic mass is 35.5. The van der Waals surface area contributed by atoms with Crippen LogP contribution in [0.25, 0.3) is 5.65 Å². The number of hydrogen-bond donors (Lipinski definition) is 0. The Bertz CT molecular complexity index is 1570. The van der Waals surface area contributed by atoms with Crippen LogP contribution in [-0.2, 0) is 17.8 Å². The van der Waals surface area contributed by atoms with Gasteiger partial charge < -0.3 is 14.4 Å². The van der Waals surface area contributed by atoms with Gasteiger partial charge in [-0.1, -0.05) is 11.6 Å². The molecule has 0 spiro atoms. The molecule has 0 saturated carbocycles. The maximum Gasteiger partial charge on any atom is 0.410 e. The number of alkyl halides is 3. The molecular weight excluding hydrogens is 582 g/mol. The Morgan fingerprint density at radius 1 is 1.12 bits per heavy atom. The van der Waals surface area contributed by atoms with E-state index in [1.165, 1.54) is 11.0 Å². The first-order chi connectivity index (χ1) is 19.5. The molecule has 0 aliphatic carbocycles. The average molecular weight is 612 g/mol. The predicted molar refractivity (Wildman–Crippen MR) is 144 cm³/mol. The molecule has 2 amide bonds. The third-order valence-corrected chi connectivity index (χ3v) is 7.82. The third kappa shape index (κ3) is 5.70. The van der Waals surface area contributed by atoms with Crippen LogP contribution < -0.4 is 4.74 Å². The molecule has 2 aliphatic rings. The molecule has 0 N–H and O–H groups in total. The Balaban J connectivity index is 1.36. The number of hydrogen-bond acceptors (Lipinski definition) is 6. The summed E-state index contributed by atoms with van der Waals surface area (Å²) in [6, 6.07) is 1.16. The summed E-state index contributed by atoms with van der Waals surface area (Å²) in [5.74, 6) is -1.39. The van der Waals surface area contributed by atoms with Crippen LogP contribution in [0.15, 0.2) is 18.2 Å². The SMILES string of the molecule is Cc1nc2c3c(nn2c(C)c1Cl)CN(C(=O)c1ccc(F)cc1O[C@@H]1CCN(C(=O)OC(C)(C)C)[C@@H](C(F)(F)F)C1)C3. The first-order valence-electron chi connectivity index (χ1n) is 13.4. The van der Waals surface area contributed by atoms with Gasteiger partial charge >= 0.3 is 12.3 Å². The fourth-order valence-corrected chi connectivity index (χ4v) is 5.39. The van der Waals surface area contributed by atoms with E-state index in [4.69, 9.17) is 21.1 Å². The van der Waals surface area contributed by atoms with E-state index in [-0.39, 0.29) is 37.4 Å². The zero-order valence-electron chi connectivity index (χ0n) is 23.7. The number of aromatic nitrogens is 3. The molecule has 0 unspecified atom stereocenters. The molecule has 5 rings (SSSR count). The molecule has 2 aromatic heterocycles. The standard InChI is InChI=1S/C28H30ClF4N5O4/c1-14-23(29)15(2)38-24(34-14)19-12-36(13-20(19)35-38)25(39)18-7-6-16(30)10-21(18)41-17-8-9-37(22(11-17)28(31,32)33)26(40)42-27(3,4)5/h6-7,10,17,22H,8-9,11-13H2,1-5H3/t17-,22-/m1/s1. The van der Waals surface area contributed by atoms with Gasteiger partial charge in [0.05, 0.1) is 40.8 Å². The van der Waals surface area contributed by atoms with E-state index in [0.29, 0.717) is 27.0 Å². The van der Waals surface area contributed by atoms with Crippen molar-refractivity contribution in [1.29, 1.82) is 0 Å². The summed E-state index contributed by atoms with van der Waals surface area (Å²) in [5, 5.41) is 5.06. The topological polar surface area (TPSA) is 89.3 Å². The lowest BCUT2D eigenvalue weighted by atomic mass is 9.99. The van der Waals surface area contributed by atoms with Crippen LogP contribution in [0.2, 0.25) is 5.02 Å². The quantitative estimate of drug-likeness (QED) is 0.337. The van der Waals surface area contributed by atoms with Crippen LogP contribution >= 0.6 is 11.6 Å². The number of ether oxygens (including phenoxy) is 2. The summed E-state index contributed by atoms with van der Waals surface area (Å²) in [6.07, 6.45) is -7.45. The summed E-state index contributed by atoms with van der Waals surface area (Å²) in [5.41, 5.74) is 2.32. The lowest BCUT2D eigenvalue weighted by molar-refractivity contribution is -0.194. The van der Waals surface area contributed by atoms with Gasteiger partial charge in [0.15, 0.2) is 5.65 Å². The number of carbonyl (C=O) groups is 2. The predicted octanol–water partition coefficient (Wildman–Crippen LogP) is 6.00. The summed E-state index contributed by atoms with van der Waals surface area (Å²) in [7, 11) is 0. The molecule has 226 valence electrons. The fourth-order valence-electron chi connectivity index (χ4n) is 5.27. The molecule has 3 aromatic rings. The smallest absolute Gasteiger partial charge is 0.410 e. The minimum atomic E-state index is -4.76. The van der Waals surface area contributed by atoms with Gasteiger partial charge in [-0.3, -0.25) is 9.69 Å². The van der Waals surface area contributed by atoms with Crippen LogP contribution in [0.1, 0.15) is 66.6 Å². The molecule has 0 radical (unpaired) electrons. The summed E-state index contributed by atoms with van der Waals surface area (Å²) < 4.78 is 69.0. The Hall–Kier alpha value is -3.61. The van der Waals surface area contributed by atoms with Crippen molar-refractivity contribution in [3.8, 4) is 5.75 Å². The van der Waals surface area contributed by atoms with Crippen LogP contribution in [0.4, 0.5) is 22.4 Å². The third-order valence-electron chi connectivity index (χ3n) is 7.27. The second-order valence-electron chi connectivity index (χ2n) is 11.6. The second kappa shape index (κ2) is 10.6. The van der Waals surface area contributed by atoms with Crippen molar-refractivity contribution in [2.45, 2.75) is 84.5 Å². The average Bonchev–Trinajstić information content (AvgIpc) is 3.45. The summed E-state index contributed by atoms with van der Waals surface area (Å²) in [4.78, 5) is 32.8. The maximum atomic E-state index is 14.3. The number of halogens is 5. The number of likely N-dealkylation sites (tertiary alicyclic amines) is 1. The van der Waals surface area contributed by atoms with Crippen LogP contribution in [0.3, 0.4) is 0 Å². The highest BCUT2D eigenvalue weighted by molar-refractivity contribution is 6.31. The van der Waals surface area contributed by atoms with E-state index in [9.17, 15) is 27.2 Å². The first kappa shape index (κ1) is 29.9.